The normalized spacial score (nSPS) is 10.6. The number of ether oxygens (including phenoxy) is 1. The smallest absolute Gasteiger partial charge is 0.276 e. The topological polar surface area (TPSA) is 48.2 Å². The van der Waals surface area contributed by atoms with Gasteiger partial charge in [0.05, 0.1) is 6.61 Å². The molecule has 0 amide bonds. The molecule has 0 aliphatic carbocycles. The van der Waals surface area contributed by atoms with Gasteiger partial charge in [0.15, 0.2) is 0 Å². The standard InChI is InChI=1S/C11H12N2O2S/c1-14-7-8-16-11-13-12-10(15-11)9-5-3-2-4-6-9/h2-6H,7-8H2,1H3. The fourth-order valence-electron chi connectivity index (χ4n) is 1.18. The first kappa shape index (κ1) is 11.2. The molecule has 0 atom stereocenters. The Morgan fingerprint density at radius 1 is 1.25 bits per heavy atom. The van der Waals surface area contributed by atoms with Gasteiger partial charge in [0, 0.05) is 18.4 Å². The minimum absolute atomic E-state index is 0.556. The zero-order valence-electron chi connectivity index (χ0n) is 8.92. The molecule has 5 heteroatoms. The van der Waals surface area contributed by atoms with Crippen molar-refractivity contribution >= 4 is 11.8 Å². The molecule has 1 heterocycles. The summed E-state index contributed by atoms with van der Waals surface area (Å²) in [5.41, 5.74) is 0.939. The highest BCUT2D eigenvalue weighted by Crippen LogP contribution is 2.22. The van der Waals surface area contributed by atoms with Crippen molar-refractivity contribution < 1.29 is 9.15 Å². The summed E-state index contributed by atoms with van der Waals surface area (Å²) in [6, 6.07) is 9.72. The van der Waals surface area contributed by atoms with Crippen molar-refractivity contribution in [2.75, 3.05) is 19.5 Å². The number of hydrogen-bond acceptors (Lipinski definition) is 5. The second-order valence-electron chi connectivity index (χ2n) is 3.08. The molecule has 0 saturated carbocycles. The van der Waals surface area contributed by atoms with Crippen LogP contribution in [-0.4, -0.2) is 29.7 Å². The summed E-state index contributed by atoms with van der Waals surface area (Å²) in [7, 11) is 1.67. The molecule has 0 saturated heterocycles. The summed E-state index contributed by atoms with van der Waals surface area (Å²) < 4.78 is 10.4. The molecule has 0 spiro atoms. The molecule has 0 radical (unpaired) electrons. The number of hydrogen-bond donors (Lipinski definition) is 0. The first-order valence-corrected chi connectivity index (χ1v) is 5.89. The minimum Gasteiger partial charge on any atom is -0.411 e. The Kier molecular flexibility index (Phi) is 3.96. The van der Waals surface area contributed by atoms with Crippen LogP contribution in [0.2, 0.25) is 0 Å². The molecule has 0 aliphatic rings. The second kappa shape index (κ2) is 5.67. The number of nitrogens with zero attached hydrogens (tertiary/aromatic N) is 2. The summed E-state index contributed by atoms with van der Waals surface area (Å²) in [4.78, 5) is 0. The molecule has 0 N–H and O–H groups in total. The number of benzene rings is 1. The van der Waals surface area contributed by atoms with E-state index >= 15 is 0 Å². The Bertz CT molecular complexity index is 431. The maximum absolute atomic E-state index is 5.50. The van der Waals surface area contributed by atoms with E-state index < -0.39 is 0 Å². The Morgan fingerprint density at radius 3 is 2.81 bits per heavy atom. The van der Waals surface area contributed by atoms with Crippen molar-refractivity contribution in [1.82, 2.24) is 10.2 Å². The van der Waals surface area contributed by atoms with Gasteiger partial charge in [-0.3, -0.25) is 0 Å². The van der Waals surface area contributed by atoms with E-state index in [1.165, 1.54) is 11.8 Å². The summed E-state index contributed by atoms with van der Waals surface area (Å²) in [6.07, 6.45) is 0. The lowest BCUT2D eigenvalue weighted by Gasteiger charge is -1.94. The van der Waals surface area contributed by atoms with Crippen LogP contribution in [0, 0.1) is 0 Å². The van der Waals surface area contributed by atoms with Gasteiger partial charge in [0.1, 0.15) is 0 Å². The van der Waals surface area contributed by atoms with E-state index in [9.17, 15) is 0 Å². The van der Waals surface area contributed by atoms with E-state index in [1.807, 2.05) is 30.3 Å². The maximum Gasteiger partial charge on any atom is 0.276 e. The van der Waals surface area contributed by atoms with E-state index in [-0.39, 0.29) is 0 Å². The second-order valence-corrected chi connectivity index (χ2v) is 4.13. The van der Waals surface area contributed by atoms with Gasteiger partial charge < -0.3 is 9.15 Å². The highest BCUT2D eigenvalue weighted by atomic mass is 32.2. The fraction of sp³-hybridized carbons (Fsp3) is 0.273. The molecule has 0 bridgehead atoms. The first-order valence-electron chi connectivity index (χ1n) is 4.91. The van der Waals surface area contributed by atoms with E-state index in [2.05, 4.69) is 10.2 Å². The summed E-state index contributed by atoms with van der Waals surface area (Å²) >= 11 is 1.50. The van der Waals surface area contributed by atoms with Crippen LogP contribution >= 0.6 is 11.8 Å². The highest BCUT2D eigenvalue weighted by molar-refractivity contribution is 7.99. The van der Waals surface area contributed by atoms with Crippen LogP contribution in [0.4, 0.5) is 0 Å². The Morgan fingerprint density at radius 2 is 2.06 bits per heavy atom. The van der Waals surface area contributed by atoms with Gasteiger partial charge in [-0.1, -0.05) is 30.0 Å². The van der Waals surface area contributed by atoms with Crippen LogP contribution in [0.3, 0.4) is 0 Å². The molecule has 2 rings (SSSR count). The molecular formula is C11H12N2O2S. The van der Waals surface area contributed by atoms with Crippen LogP contribution in [0.25, 0.3) is 11.5 Å². The quantitative estimate of drug-likeness (QED) is 0.589. The number of aromatic nitrogens is 2. The Labute approximate surface area is 98.0 Å². The predicted octanol–water partition coefficient (Wildman–Crippen LogP) is 2.48. The third-order valence-electron chi connectivity index (χ3n) is 1.94. The predicted molar refractivity (Wildman–Crippen MR) is 62.3 cm³/mol. The van der Waals surface area contributed by atoms with Crippen molar-refractivity contribution in [3.8, 4) is 11.5 Å². The van der Waals surface area contributed by atoms with Crippen LogP contribution in [-0.2, 0) is 4.74 Å². The average molecular weight is 236 g/mol. The molecule has 4 nitrogen and oxygen atoms in total. The van der Waals surface area contributed by atoms with Gasteiger partial charge in [-0.15, -0.1) is 10.2 Å². The first-order chi connectivity index (χ1) is 7.90. The molecule has 0 fully saturated rings. The van der Waals surface area contributed by atoms with Crippen LogP contribution in [0.15, 0.2) is 40.0 Å². The zero-order valence-corrected chi connectivity index (χ0v) is 9.74. The summed E-state index contributed by atoms with van der Waals surface area (Å²) in [6.45, 7) is 0.674. The van der Waals surface area contributed by atoms with E-state index in [0.29, 0.717) is 17.7 Å². The van der Waals surface area contributed by atoms with Crippen LogP contribution in [0.5, 0.6) is 0 Å². The lowest BCUT2D eigenvalue weighted by atomic mass is 10.2. The van der Waals surface area contributed by atoms with E-state index in [0.717, 1.165) is 11.3 Å². The Balaban J connectivity index is 2.02. The van der Waals surface area contributed by atoms with Crippen LogP contribution < -0.4 is 0 Å². The molecule has 84 valence electrons. The zero-order chi connectivity index (χ0) is 11.2. The molecule has 0 unspecified atom stereocenters. The van der Waals surface area contributed by atoms with Crippen molar-refractivity contribution in [1.29, 1.82) is 0 Å². The lowest BCUT2D eigenvalue weighted by molar-refractivity contribution is 0.218. The molecule has 2 aromatic rings. The molecular weight excluding hydrogens is 224 g/mol. The molecule has 16 heavy (non-hydrogen) atoms. The van der Waals surface area contributed by atoms with Crippen molar-refractivity contribution in [3.05, 3.63) is 30.3 Å². The molecule has 1 aromatic heterocycles. The van der Waals surface area contributed by atoms with Crippen molar-refractivity contribution in [3.63, 3.8) is 0 Å². The van der Waals surface area contributed by atoms with E-state index in [1.54, 1.807) is 7.11 Å². The van der Waals surface area contributed by atoms with Gasteiger partial charge in [-0.2, -0.15) is 0 Å². The molecule has 1 aromatic carbocycles. The monoisotopic (exact) mass is 236 g/mol. The van der Waals surface area contributed by atoms with Gasteiger partial charge in [-0.25, -0.2) is 0 Å². The van der Waals surface area contributed by atoms with Crippen molar-refractivity contribution in [2.24, 2.45) is 0 Å². The molecule has 0 aliphatic heterocycles. The Hall–Kier alpha value is -1.33. The lowest BCUT2D eigenvalue weighted by Crippen LogP contribution is -1.90. The number of thioether (sulfide) groups is 1. The minimum atomic E-state index is 0.556. The maximum atomic E-state index is 5.50. The van der Waals surface area contributed by atoms with Gasteiger partial charge in [-0.05, 0) is 12.1 Å². The highest BCUT2D eigenvalue weighted by Gasteiger charge is 2.07. The fourth-order valence-corrected chi connectivity index (χ4v) is 1.84. The number of rotatable bonds is 5. The van der Waals surface area contributed by atoms with Gasteiger partial charge in [0.2, 0.25) is 5.89 Å². The average Bonchev–Trinajstić information content (AvgIpc) is 2.79. The van der Waals surface area contributed by atoms with Crippen LogP contribution in [0.1, 0.15) is 0 Å². The van der Waals surface area contributed by atoms with E-state index in [4.69, 9.17) is 9.15 Å². The third kappa shape index (κ3) is 2.84. The van der Waals surface area contributed by atoms with Crippen molar-refractivity contribution in [2.45, 2.75) is 5.22 Å². The summed E-state index contributed by atoms with van der Waals surface area (Å²) in [5, 5.41) is 8.52. The number of methoxy groups -OCH3 is 1. The third-order valence-corrected chi connectivity index (χ3v) is 2.72. The largest absolute Gasteiger partial charge is 0.411 e. The summed E-state index contributed by atoms with van der Waals surface area (Å²) in [5.74, 6) is 1.37. The van der Waals surface area contributed by atoms with Gasteiger partial charge >= 0.3 is 0 Å². The van der Waals surface area contributed by atoms with Gasteiger partial charge in [0.25, 0.3) is 5.22 Å². The SMILES string of the molecule is COCCSc1nnc(-c2ccccc2)o1.